The minimum absolute atomic E-state index is 0.166. The molecule has 0 aromatic heterocycles. The summed E-state index contributed by atoms with van der Waals surface area (Å²) in [4.78, 5) is 1.94. The number of nitrogens with zero attached hydrogens (tertiary/aromatic N) is 1. The number of halogens is 1. The summed E-state index contributed by atoms with van der Waals surface area (Å²) in [7, 11) is 0.877. The summed E-state index contributed by atoms with van der Waals surface area (Å²) in [6, 6.07) is 6.04. The fourth-order valence-electron chi connectivity index (χ4n) is 1.54. The summed E-state index contributed by atoms with van der Waals surface area (Å²) < 4.78 is 23.3. The normalized spacial score (nSPS) is 11.6. The molecule has 0 heterocycles. The van der Waals surface area contributed by atoms with Gasteiger partial charge in [0.05, 0.1) is 5.75 Å². The maximum Gasteiger partial charge on any atom is 0.149 e. The van der Waals surface area contributed by atoms with E-state index in [9.17, 15) is 8.42 Å². The average molecular weight is 335 g/mol. The molecule has 0 fully saturated rings. The Balaban J connectivity index is 2.75. The zero-order valence-electron chi connectivity index (χ0n) is 10.9. The predicted octanol–water partition coefficient (Wildman–Crippen LogP) is 1.65. The van der Waals surface area contributed by atoms with Gasteiger partial charge in [-0.25, -0.2) is 8.42 Å². The van der Waals surface area contributed by atoms with Crippen LogP contribution in [0.25, 0.3) is 0 Å². The van der Waals surface area contributed by atoms with Crippen LogP contribution in [0.4, 0.5) is 5.69 Å². The Morgan fingerprint density at radius 1 is 1.39 bits per heavy atom. The second kappa shape index (κ2) is 6.54. The third-order valence-electron chi connectivity index (χ3n) is 2.64. The van der Waals surface area contributed by atoms with E-state index in [1.807, 2.05) is 37.2 Å². The lowest BCUT2D eigenvalue weighted by atomic mass is 10.2. The van der Waals surface area contributed by atoms with E-state index in [0.29, 0.717) is 6.54 Å². The van der Waals surface area contributed by atoms with E-state index in [1.54, 1.807) is 0 Å². The van der Waals surface area contributed by atoms with Gasteiger partial charge in [-0.1, -0.05) is 22.0 Å². The Morgan fingerprint density at radius 3 is 2.56 bits per heavy atom. The van der Waals surface area contributed by atoms with E-state index in [0.717, 1.165) is 16.7 Å². The van der Waals surface area contributed by atoms with Crippen molar-refractivity contribution in [3.8, 4) is 0 Å². The van der Waals surface area contributed by atoms with Crippen LogP contribution in [0, 0.1) is 0 Å². The van der Waals surface area contributed by atoms with Crippen LogP contribution in [0.15, 0.2) is 22.7 Å². The Labute approximate surface area is 117 Å². The van der Waals surface area contributed by atoms with Gasteiger partial charge in [-0.15, -0.1) is 0 Å². The highest BCUT2D eigenvalue weighted by molar-refractivity contribution is 9.10. The Hall–Kier alpha value is -0.590. The summed E-state index contributed by atoms with van der Waals surface area (Å²) in [5.74, 6) is 0.166. The van der Waals surface area contributed by atoms with Crippen LogP contribution in [0.5, 0.6) is 0 Å². The smallest absolute Gasteiger partial charge is 0.149 e. The first-order valence-corrected chi connectivity index (χ1v) is 8.50. The molecule has 1 rings (SSSR count). The lowest BCUT2D eigenvalue weighted by Crippen LogP contribution is -2.24. The summed E-state index contributed by atoms with van der Waals surface area (Å²) in [5.41, 5.74) is 2.18. The molecule has 0 saturated carbocycles. The third kappa shape index (κ3) is 4.96. The molecule has 102 valence electrons. The SMILES string of the molecule is CNCc1ccc(N(C)CCS(C)(=O)=O)cc1Br. The van der Waals surface area contributed by atoms with Crippen molar-refractivity contribution >= 4 is 31.5 Å². The molecule has 6 heteroatoms. The van der Waals surface area contributed by atoms with Crippen LogP contribution in [0.2, 0.25) is 0 Å². The molecule has 0 radical (unpaired) electrons. The van der Waals surface area contributed by atoms with Gasteiger partial charge in [-0.2, -0.15) is 0 Å². The van der Waals surface area contributed by atoms with E-state index in [4.69, 9.17) is 0 Å². The molecule has 0 saturated heterocycles. The van der Waals surface area contributed by atoms with Crippen molar-refractivity contribution in [3.05, 3.63) is 28.2 Å². The molecular formula is C12H19BrN2O2S. The van der Waals surface area contributed by atoms with Crippen molar-refractivity contribution in [2.24, 2.45) is 0 Å². The minimum Gasteiger partial charge on any atom is -0.374 e. The Morgan fingerprint density at radius 2 is 2.06 bits per heavy atom. The van der Waals surface area contributed by atoms with Gasteiger partial charge in [0.15, 0.2) is 0 Å². The third-order valence-corrected chi connectivity index (χ3v) is 4.30. The molecule has 18 heavy (non-hydrogen) atoms. The molecule has 1 N–H and O–H groups in total. The molecule has 0 unspecified atom stereocenters. The zero-order chi connectivity index (χ0) is 13.8. The molecule has 0 aliphatic heterocycles. The van der Waals surface area contributed by atoms with Gasteiger partial charge in [0.25, 0.3) is 0 Å². The van der Waals surface area contributed by atoms with E-state index in [2.05, 4.69) is 21.2 Å². The largest absolute Gasteiger partial charge is 0.374 e. The number of anilines is 1. The number of nitrogens with one attached hydrogen (secondary N) is 1. The highest BCUT2D eigenvalue weighted by Crippen LogP contribution is 2.23. The lowest BCUT2D eigenvalue weighted by molar-refractivity contribution is 0.601. The van der Waals surface area contributed by atoms with Crippen LogP contribution in [-0.4, -0.2) is 41.1 Å². The van der Waals surface area contributed by atoms with Crippen LogP contribution >= 0.6 is 15.9 Å². The molecule has 0 spiro atoms. The van der Waals surface area contributed by atoms with E-state index >= 15 is 0 Å². The number of sulfone groups is 1. The number of benzene rings is 1. The summed E-state index contributed by atoms with van der Waals surface area (Å²) in [6.45, 7) is 1.30. The van der Waals surface area contributed by atoms with Crippen molar-refractivity contribution < 1.29 is 8.42 Å². The Kier molecular flexibility index (Phi) is 5.62. The van der Waals surface area contributed by atoms with E-state index in [1.165, 1.54) is 11.8 Å². The second-order valence-corrected chi connectivity index (χ2v) is 7.47. The topological polar surface area (TPSA) is 49.4 Å². The van der Waals surface area contributed by atoms with Crippen molar-refractivity contribution in [2.45, 2.75) is 6.54 Å². The first-order valence-electron chi connectivity index (χ1n) is 5.65. The molecule has 4 nitrogen and oxygen atoms in total. The van der Waals surface area contributed by atoms with Crippen LogP contribution < -0.4 is 10.2 Å². The fraction of sp³-hybridized carbons (Fsp3) is 0.500. The van der Waals surface area contributed by atoms with Gasteiger partial charge in [0.2, 0.25) is 0 Å². The van der Waals surface area contributed by atoms with Gasteiger partial charge in [0.1, 0.15) is 9.84 Å². The highest BCUT2D eigenvalue weighted by atomic mass is 79.9. The molecule has 0 atom stereocenters. The van der Waals surface area contributed by atoms with Crippen LogP contribution in [0.3, 0.4) is 0 Å². The first kappa shape index (κ1) is 15.5. The molecule has 0 aliphatic carbocycles. The van der Waals surface area contributed by atoms with Crippen LogP contribution in [0.1, 0.15) is 5.56 Å². The maximum absolute atomic E-state index is 11.1. The standard InChI is InChI=1S/C12H19BrN2O2S/c1-14-9-10-4-5-11(8-12(10)13)15(2)6-7-18(3,16)17/h4-5,8,14H,6-7,9H2,1-3H3. The lowest BCUT2D eigenvalue weighted by Gasteiger charge is -2.19. The number of hydrogen-bond acceptors (Lipinski definition) is 4. The molecule has 0 bridgehead atoms. The van der Waals surface area contributed by atoms with Gasteiger partial charge in [0, 0.05) is 36.6 Å². The second-order valence-electron chi connectivity index (χ2n) is 4.36. The molecular weight excluding hydrogens is 316 g/mol. The predicted molar refractivity (Wildman–Crippen MR) is 79.9 cm³/mol. The zero-order valence-corrected chi connectivity index (χ0v) is 13.3. The van der Waals surface area contributed by atoms with Crippen LogP contribution in [-0.2, 0) is 16.4 Å². The van der Waals surface area contributed by atoms with Crippen molar-refractivity contribution in [3.63, 3.8) is 0 Å². The summed E-state index contributed by atoms with van der Waals surface area (Å²) in [6.07, 6.45) is 1.26. The monoisotopic (exact) mass is 334 g/mol. The van der Waals surface area contributed by atoms with Gasteiger partial charge in [-0.3, -0.25) is 0 Å². The number of hydrogen-bond donors (Lipinski definition) is 1. The molecule has 1 aromatic carbocycles. The van der Waals surface area contributed by atoms with Gasteiger partial charge >= 0.3 is 0 Å². The Bertz CT molecular complexity index is 503. The first-order chi connectivity index (χ1) is 8.33. The summed E-state index contributed by atoms with van der Waals surface area (Å²) >= 11 is 3.52. The van der Waals surface area contributed by atoms with Gasteiger partial charge in [-0.05, 0) is 24.7 Å². The van der Waals surface area contributed by atoms with Gasteiger partial charge < -0.3 is 10.2 Å². The summed E-state index contributed by atoms with van der Waals surface area (Å²) in [5, 5.41) is 3.10. The molecule has 0 aliphatic rings. The number of rotatable bonds is 6. The van der Waals surface area contributed by atoms with Crippen molar-refractivity contribution in [1.29, 1.82) is 0 Å². The quantitative estimate of drug-likeness (QED) is 0.859. The van der Waals surface area contributed by atoms with Crippen molar-refractivity contribution in [2.75, 3.05) is 37.5 Å². The molecule has 1 aromatic rings. The molecule has 0 amide bonds. The van der Waals surface area contributed by atoms with E-state index in [-0.39, 0.29) is 5.75 Å². The van der Waals surface area contributed by atoms with Crippen molar-refractivity contribution in [1.82, 2.24) is 5.32 Å². The minimum atomic E-state index is -2.92. The fourth-order valence-corrected chi connectivity index (χ4v) is 2.65. The maximum atomic E-state index is 11.1. The average Bonchev–Trinajstić information content (AvgIpc) is 2.28. The highest BCUT2D eigenvalue weighted by Gasteiger charge is 2.08. The van der Waals surface area contributed by atoms with E-state index < -0.39 is 9.84 Å².